The highest BCUT2D eigenvalue weighted by molar-refractivity contribution is 6.01. The van der Waals surface area contributed by atoms with E-state index in [4.69, 9.17) is 14.2 Å². The lowest BCUT2D eigenvalue weighted by Gasteiger charge is -2.18. The Balaban J connectivity index is 1.77. The summed E-state index contributed by atoms with van der Waals surface area (Å²) in [5.41, 5.74) is 1.82. The number of hydrogen-bond donors (Lipinski definition) is 0. The monoisotopic (exact) mass is 448 g/mol. The Morgan fingerprint density at radius 2 is 1.45 bits per heavy atom. The van der Waals surface area contributed by atoms with Crippen molar-refractivity contribution in [3.05, 3.63) is 95.6 Å². The highest BCUT2D eigenvalue weighted by atomic mass is 16.6. The molecule has 0 fully saturated rings. The minimum Gasteiger partial charge on any atom is -0.497 e. The zero-order valence-electron chi connectivity index (χ0n) is 18.4. The van der Waals surface area contributed by atoms with E-state index in [0.717, 1.165) is 5.56 Å². The summed E-state index contributed by atoms with van der Waals surface area (Å²) in [4.78, 5) is 36.4. The van der Waals surface area contributed by atoms with Gasteiger partial charge in [0.25, 0.3) is 0 Å². The van der Waals surface area contributed by atoms with Gasteiger partial charge < -0.3 is 18.9 Å². The van der Waals surface area contributed by atoms with Gasteiger partial charge in [-0.1, -0.05) is 42.5 Å². The summed E-state index contributed by atoms with van der Waals surface area (Å²) in [5.74, 6) is -0.683. The van der Waals surface area contributed by atoms with E-state index < -0.39 is 30.4 Å². The first-order valence-corrected chi connectivity index (χ1v) is 10.2. The Hall–Kier alpha value is -4.13. The second-order valence-corrected chi connectivity index (χ2v) is 7.09. The molecule has 0 saturated carbocycles. The fourth-order valence-corrected chi connectivity index (χ4v) is 2.99. The predicted molar refractivity (Wildman–Crippen MR) is 120 cm³/mol. The van der Waals surface area contributed by atoms with E-state index in [2.05, 4.69) is 4.74 Å². The number of benzene rings is 3. The molecule has 0 N–H and O–H groups in total. The van der Waals surface area contributed by atoms with Crippen molar-refractivity contribution in [2.75, 3.05) is 13.7 Å². The molecular formula is C26H24O7. The van der Waals surface area contributed by atoms with Crippen molar-refractivity contribution >= 4 is 17.7 Å². The van der Waals surface area contributed by atoms with Crippen LogP contribution in [0.5, 0.6) is 11.5 Å². The van der Waals surface area contributed by atoms with E-state index in [9.17, 15) is 14.4 Å². The number of carbonyl (C=O) groups excluding carboxylic acids is 3. The molecule has 0 bridgehead atoms. The Morgan fingerprint density at radius 1 is 0.818 bits per heavy atom. The molecule has 1 atom stereocenters. The molecule has 3 rings (SSSR count). The van der Waals surface area contributed by atoms with Crippen molar-refractivity contribution in [3.8, 4) is 11.5 Å². The smallest absolute Gasteiger partial charge is 0.345 e. The first-order chi connectivity index (χ1) is 16.0. The van der Waals surface area contributed by atoms with Crippen molar-refractivity contribution in [1.29, 1.82) is 0 Å². The van der Waals surface area contributed by atoms with Gasteiger partial charge in [0.15, 0.2) is 12.7 Å². The number of methoxy groups -OCH3 is 1. The molecule has 7 heteroatoms. The van der Waals surface area contributed by atoms with E-state index in [-0.39, 0.29) is 0 Å². The minimum absolute atomic E-state index is 0.338. The van der Waals surface area contributed by atoms with Gasteiger partial charge in [-0.3, -0.25) is 9.59 Å². The third kappa shape index (κ3) is 6.93. The Labute approximate surface area is 191 Å². The molecule has 0 amide bonds. The van der Waals surface area contributed by atoms with Crippen LogP contribution in [0.1, 0.15) is 34.5 Å². The van der Waals surface area contributed by atoms with Gasteiger partial charge in [-0.2, -0.15) is 0 Å². The Kier molecular flexibility index (Phi) is 8.18. The maximum Gasteiger partial charge on any atom is 0.345 e. The molecule has 0 aliphatic carbocycles. The van der Waals surface area contributed by atoms with Gasteiger partial charge >= 0.3 is 11.9 Å². The Morgan fingerprint density at radius 3 is 2.06 bits per heavy atom. The molecular weight excluding hydrogens is 424 g/mol. The Bertz CT molecular complexity index is 1070. The first-order valence-electron chi connectivity index (χ1n) is 10.2. The molecule has 0 saturated heterocycles. The number of rotatable bonds is 10. The van der Waals surface area contributed by atoms with E-state index in [1.807, 2.05) is 30.3 Å². The van der Waals surface area contributed by atoms with Crippen molar-refractivity contribution in [3.63, 3.8) is 0 Å². The van der Waals surface area contributed by atoms with E-state index in [1.54, 1.807) is 48.5 Å². The van der Waals surface area contributed by atoms with Gasteiger partial charge in [0.2, 0.25) is 5.78 Å². The summed E-state index contributed by atoms with van der Waals surface area (Å²) < 4.78 is 21.0. The second-order valence-electron chi connectivity index (χ2n) is 7.09. The molecule has 3 aromatic rings. The second kappa shape index (κ2) is 11.5. The van der Waals surface area contributed by atoms with Crippen molar-refractivity contribution in [2.45, 2.75) is 19.6 Å². The standard InChI is InChI=1S/C26H24O7/c1-18(27)31-17-24(28)33-26(25(29)20-8-12-22(30-2)13-9-20)21-10-14-23(15-11-21)32-16-19-6-4-3-5-7-19/h3-15,26H,16-17H2,1-2H3. The molecule has 0 spiro atoms. The van der Waals surface area contributed by atoms with Crippen LogP contribution in [0.3, 0.4) is 0 Å². The molecule has 0 aliphatic heterocycles. The molecule has 0 aliphatic rings. The zero-order chi connectivity index (χ0) is 23.6. The van der Waals surface area contributed by atoms with E-state index >= 15 is 0 Å². The SMILES string of the molecule is COc1ccc(C(=O)C(OC(=O)COC(C)=O)c2ccc(OCc3ccccc3)cc2)cc1. The summed E-state index contributed by atoms with van der Waals surface area (Å²) in [6.45, 7) is 0.993. The van der Waals surface area contributed by atoms with Gasteiger partial charge in [0.1, 0.15) is 18.1 Å². The van der Waals surface area contributed by atoms with Crippen LogP contribution in [0.4, 0.5) is 0 Å². The van der Waals surface area contributed by atoms with Gasteiger partial charge in [0, 0.05) is 18.1 Å². The molecule has 0 radical (unpaired) electrons. The fraction of sp³-hybridized carbons (Fsp3) is 0.192. The van der Waals surface area contributed by atoms with E-state index in [0.29, 0.717) is 29.2 Å². The summed E-state index contributed by atoms with van der Waals surface area (Å²) >= 11 is 0. The fourth-order valence-electron chi connectivity index (χ4n) is 2.99. The summed E-state index contributed by atoms with van der Waals surface area (Å²) in [5, 5.41) is 0. The summed E-state index contributed by atoms with van der Waals surface area (Å²) in [6, 6.07) is 22.9. The highest BCUT2D eigenvalue weighted by Crippen LogP contribution is 2.26. The van der Waals surface area contributed by atoms with Crippen LogP contribution in [0, 0.1) is 0 Å². The first kappa shape index (κ1) is 23.5. The van der Waals surface area contributed by atoms with Crippen LogP contribution in [0.2, 0.25) is 0 Å². The molecule has 0 aromatic heterocycles. The number of Topliss-reactive ketones (excluding diaryl/α,β-unsaturated/α-hetero) is 1. The van der Waals surface area contributed by atoms with Gasteiger partial charge in [0.05, 0.1) is 7.11 Å². The maximum absolute atomic E-state index is 13.2. The third-order valence-corrected chi connectivity index (χ3v) is 4.69. The minimum atomic E-state index is -1.22. The largest absolute Gasteiger partial charge is 0.497 e. The molecule has 1 unspecified atom stereocenters. The average Bonchev–Trinajstić information content (AvgIpc) is 2.85. The van der Waals surface area contributed by atoms with Crippen LogP contribution < -0.4 is 9.47 Å². The molecule has 0 heterocycles. The normalized spacial score (nSPS) is 11.2. The van der Waals surface area contributed by atoms with Crippen LogP contribution in [0.25, 0.3) is 0 Å². The maximum atomic E-state index is 13.2. The summed E-state index contributed by atoms with van der Waals surface area (Å²) in [7, 11) is 1.53. The van der Waals surface area contributed by atoms with Crippen molar-refractivity contribution in [1.82, 2.24) is 0 Å². The zero-order valence-corrected chi connectivity index (χ0v) is 18.4. The molecule has 7 nitrogen and oxygen atoms in total. The highest BCUT2D eigenvalue weighted by Gasteiger charge is 2.27. The number of esters is 2. The molecule has 3 aromatic carbocycles. The van der Waals surface area contributed by atoms with Crippen LogP contribution in [0.15, 0.2) is 78.9 Å². The van der Waals surface area contributed by atoms with Gasteiger partial charge in [-0.25, -0.2) is 4.79 Å². The number of carbonyl (C=O) groups is 3. The third-order valence-electron chi connectivity index (χ3n) is 4.69. The van der Waals surface area contributed by atoms with Gasteiger partial charge in [-0.05, 0) is 42.0 Å². The van der Waals surface area contributed by atoms with Gasteiger partial charge in [-0.15, -0.1) is 0 Å². The number of hydrogen-bond acceptors (Lipinski definition) is 7. The number of ketones is 1. The molecule has 33 heavy (non-hydrogen) atoms. The average molecular weight is 448 g/mol. The lowest BCUT2D eigenvalue weighted by molar-refractivity contribution is -0.160. The lowest BCUT2D eigenvalue weighted by atomic mass is 9.99. The molecule has 170 valence electrons. The lowest BCUT2D eigenvalue weighted by Crippen LogP contribution is -2.23. The summed E-state index contributed by atoms with van der Waals surface area (Å²) in [6.07, 6.45) is -1.22. The van der Waals surface area contributed by atoms with Crippen LogP contribution in [-0.2, 0) is 25.7 Å². The topological polar surface area (TPSA) is 88.1 Å². The van der Waals surface area contributed by atoms with E-state index in [1.165, 1.54) is 14.0 Å². The van der Waals surface area contributed by atoms with Crippen LogP contribution >= 0.6 is 0 Å². The van der Waals surface area contributed by atoms with Crippen molar-refractivity contribution < 1.29 is 33.3 Å². The predicted octanol–water partition coefficient (Wildman–Crippen LogP) is 4.30. The van der Waals surface area contributed by atoms with Crippen molar-refractivity contribution in [2.24, 2.45) is 0 Å². The van der Waals surface area contributed by atoms with Crippen LogP contribution in [-0.4, -0.2) is 31.4 Å². The quantitative estimate of drug-likeness (QED) is 0.337. The number of ether oxygens (including phenoxy) is 4.